The summed E-state index contributed by atoms with van der Waals surface area (Å²) in [5.74, 6) is -0.315. The van der Waals surface area contributed by atoms with Gasteiger partial charge in [-0.05, 0) is 88.8 Å². The number of aliphatic hydroxyl groups is 1. The average Bonchev–Trinajstić information content (AvgIpc) is 3.06. The Labute approximate surface area is 204 Å². The molecule has 0 radical (unpaired) electrons. The van der Waals surface area contributed by atoms with Gasteiger partial charge in [-0.15, -0.1) is 0 Å². The molecule has 2 saturated carbocycles. The predicted molar refractivity (Wildman–Crippen MR) is 129 cm³/mol. The molecule has 0 aromatic carbocycles. The van der Waals surface area contributed by atoms with Gasteiger partial charge in [0.1, 0.15) is 6.17 Å². The summed E-state index contributed by atoms with van der Waals surface area (Å²) >= 11 is 0. The third-order valence-electron chi connectivity index (χ3n) is 8.56. The molecular formula is C24H43FN4O4S. The van der Waals surface area contributed by atoms with Crippen molar-refractivity contribution in [3.05, 3.63) is 0 Å². The highest BCUT2D eigenvalue weighted by molar-refractivity contribution is 7.88. The van der Waals surface area contributed by atoms with Crippen LogP contribution in [0.25, 0.3) is 0 Å². The Kier molecular flexibility index (Phi) is 8.55. The van der Waals surface area contributed by atoms with Crippen molar-refractivity contribution in [3.63, 3.8) is 0 Å². The number of hydrogen-bond donors (Lipinski definition) is 3. The first-order valence-corrected chi connectivity index (χ1v) is 14.7. The molecule has 0 aromatic heterocycles. The number of nitrogens with zero attached hydrogens (tertiary/aromatic N) is 2. The number of halogens is 1. The van der Waals surface area contributed by atoms with Gasteiger partial charge in [-0.1, -0.05) is 20.3 Å². The molecule has 1 amide bonds. The number of carbonyl (C=O) groups is 1. The van der Waals surface area contributed by atoms with Gasteiger partial charge in [-0.3, -0.25) is 4.79 Å². The minimum atomic E-state index is -4.09. The smallest absolute Gasteiger partial charge is 0.304 e. The molecule has 4 rings (SSSR count). The van der Waals surface area contributed by atoms with E-state index in [9.17, 15) is 18.3 Å². The zero-order valence-electron chi connectivity index (χ0n) is 20.7. The number of amides is 1. The van der Waals surface area contributed by atoms with E-state index in [4.69, 9.17) is 0 Å². The van der Waals surface area contributed by atoms with Gasteiger partial charge in [0.2, 0.25) is 5.91 Å². The molecule has 2 aliphatic carbocycles. The first kappa shape index (κ1) is 26.3. The number of alkyl halides is 1. The van der Waals surface area contributed by atoms with Crippen molar-refractivity contribution in [3.8, 4) is 0 Å². The molecule has 0 aromatic rings. The summed E-state index contributed by atoms with van der Waals surface area (Å²) in [6.45, 7) is 7.12. The van der Waals surface area contributed by atoms with Crippen molar-refractivity contribution < 1.29 is 22.7 Å². The van der Waals surface area contributed by atoms with Crippen molar-refractivity contribution in [2.24, 2.45) is 17.8 Å². The number of aliphatic hydroxyl groups excluding tert-OH is 1. The summed E-state index contributed by atoms with van der Waals surface area (Å²) in [4.78, 5) is 14.3. The Hall–Kier alpha value is -0.810. The van der Waals surface area contributed by atoms with Crippen LogP contribution in [0.3, 0.4) is 0 Å². The predicted octanol–water partition coefficient (Wildman–Crippen LogP) is 1.80. The topological polar surface area (TPSA) is 102 Å². The van der Waals surface area contributed by atoms with Gasteiger partial charge in [0.15, 0.2) is 0 Å². The lowest BCUT2D eigenvalue weighted by molar-refractivity contribution is -0.120. The summed E-state index contributed by atoms with van der Waals surface area (Å²) in [7, 11) is -4.09. The van der Waals surface area contributed by atoms with Gasteiger partial charge in [-0.25, -0.2) is 9.11 Å². The van der Waals surface area contributed by atoms with Crippen LogP contribution in [0, 0.1) is 17.8 Å². The molecule has 4 aliphatic rings. The summed E-state index contributed by atoms with van der Waals surface area (Å²) in [5, 5.41) is 14.3. The average molecular weight is 503 g/mol. The van der Waals surface area contributed by atoms with Crippen LogP contribution in [-0.4, -0.2) is 85.2 Å². The van der Waals surface area contributed by atoms with Crippen molar-refractivity contribution in [2.45, 2.75) is 102 Å². The quantitative estimate of drug-likeness (QED) is 0.468. The maximum atomic E-state index is 16.0. The minimum absolute atomic E-state index is 0.0541. The zero-order chi connectivity index (χ0) is 24.5. The molecule has 2 aliphatic heterocycles. The molecule has 0 spiro atoms. The molecular weight excluding hydrogens is 459 g/mol. The first-order valence-electron chi connectivity index (χ1n) is 13.3. The largest absolute Gasteiger partial charge is 0.391 e. The molecule has 7 atom stereocenters. The van der Waals surface area contributed by atoms with Crippen LogP contribution in [0.1, 0.15) is 71.6 Å². The van der Waals surface area contributed by atoms with E-state index in [1.54, 1.807) is 0 Å². The lowest BCUT2D eigenvalue weighted by Crippen LogP contribution is -2.60. The summed E-state index contributed by atoms with van der Waals surface area (Å²) < 4.78 is 43.5. The molecule has 3 N–H and O–H groups in total. The Bertz CT molecular complexity index is 807. The molecule has 0 bridgehead atoms. The van der Waals surface area contributed by atoms with E-state index in [2.05, 4.69) is 24.1 Å². The second-order valence-electron chi connectivity index (χ2n) is 11.4. The maximum absolute atomic E-state index is 16.0. The fraction of sp³-hybridized carbons (Fsp3) is 0.958. The van der Waals surface area contributed by atoms with Gasteiger partial charge in [-0.2, -0.15) is 12.7 Å². The number of rotatable bonds is 8. The van der Waals surface area contributed by atoms with Gasteiger partial charge in [0.05, 0.1) is 18.7 Å². The van der Waals surface area contributed by atoms with Crippen molar-refractivity contribution in [1.29, 1.82) is 0 Å². The maximum Gasteiger partial charge on any atom is 0.304 e. The zero-order valence-corrected chi connectivity index (χ0v) is 21.5. The molecule has 196 valence electrons. The van der Waals surface area contributed by atoms with Crippen LogP contribution < -0.4 is 10.0 Å². The van der Waals surface area contributed by atoms with Crippen LogP contribution in [0.5, 0.6) is 0 Å². The molecule has 10 heteroatoms. The highest BCUT2D eigenvalue weighted by atomic mass is 32.2. The van der Waals surface area contributed by atoms with Gasteiger partial charge in [0.25, 0.3) is 0 Å². The number of hydrogen-bond acceptors (Lipinski definition) is 6. The van der Waals surface area contributed by atoms with E-state index >= 15 is 4.39 Å². The van der Waals surface area contributed by atoms with Crippen molar-refractivity contribution >= 4 is 16.1 Å². The Morgan fingerprint density at radius 1 is 1.18 bits per heavy atom. The van der Waals surface area contributed by atoms with E-state index in [0.29, 0.717) is 24.8 Å². The first-order chi connectivity index (χ1) is 16.2. The van der Waals surface area contributed by atoms with Gasteiger partial charge in [0, 0.05) is 12.1 Å². The van der Waals surface area contributed by atoms with E-state index in [1.807, 2.05) is 4.72 Å². The number of fused-ring (bicyclic) bond motifs is 1. The number of nitrogens with one attached hydrogen (secondary N) is 2. The van der Waals surface area contributed by atoms with Crippen molar-refractivity contribution in [2.75, 3.05) is 26.2 Å². The molecule has 8 nitrogen and oxygen atoms in total. The fourth-order valence-electron chi connectivity index (χ4n) is 6.65. The Morgan fingerprint density at radius 2 is 1.97 bits per heavy atom. The highest BCUT2D eigenvalue weighted by Crippen LogP contribution is 2.45. The normalized spacial score (nSPS) is 38.8. The third kappa shape index (κ3) is 5.94. The Morgan fingerprint density at radius 3 is 2.62 bits per heavy atom. The molecule has 4 fully saturated rings. The second kappa shape index (κ2) is 11.1. The lowest BCUT2D eigenvalue weighted by atomic mass is 9.65. The SMILES string of the molecule is CC(C)CCN(CCC1CCCCN1)C1CCC2CC(O)C(N3CC(=O)NS3(=O)=O)C(F)C2C1. The fourth-order valence-corrected chi connectivity index (χ4v) is 7.98. The second-order valence-corrected chi connectivity index (χ2v) is 13.0. The highest BCUT2D eigenvalue weighted by Gasteiger charge is 2.54. The summed E-state index contributed by atoms with van der Waals surface area (Å²) in [6.07, 6.45) is 6.28. The molecule has 34 heavy (non-hydrogen) atoms. The van der Waals surface area contributed by atoms with E-state index < -0.39 is 41.0 Å². The monoisotopic (exact) mass is 502 g/mol. The van der Waals surface area contributed by atoms with Crippen molar-refractivity contribution in [1.82, 2.24) is 19.2 Å². The molecule has 7 unspecified atom stereocenters. The standard InChI is InChI=1S/C24H43FN4O4S/c1-16(2)8-11-28(12-9-18-5-3-4-10-26-18)19-7-6-17-13-21(30)24(23(25)20(17)14-19)29-15-22(31)27-34(29,32)33/h16-21,23-24,26,30H,3-15H2,1-2H3,(H,27,31). The minimum Gasteiger partial charge on any atom is -0.391 e. The third-order valence-corrected chi connectivity index (χ3v) is 10.0. The molecule has 2 saturated heterocycles. The van der Waals surface area contributed by atoms with Crippen LogP contribution in [-0.2, 0) is 15.0 Å². The van der Waals surface area contributed by atoms with E-state index in [0.717, 1.165) is 49.6 Å². The summed E-state index contributed by atoms with van der Waals surface area (Å²) in [6, 6.07) is -0.368. The van der Waals surface area contributed by atoms with Gasteiger partial charge >= 0.3 is 10.2 Å². The van der Waals surface area contributed by atoms with Crippen LogP contribution in [0.4, 0.5) is 4.39 Å². The Balaban J connectivity index is 1.45. The lowest BCUT2D eigenvalue weighted by Gasteiger charge is -2.49. The summed E-state index contributed by atoms with van der Waals surface area (Å²) in [5.41, 5.74) is 0. The van der Waals surface area contributed by atoms with Crippen LogP contribution in [0.15, 0.2) is 0 Å². The van der Waals surface area contributed by atoms with Crippen LogP contribution in [0.2, 0.25) is 0 Å². The number of piperidine rings is 1. The van der Waals surface area contributed by atoms with E-state index in [1.165, 1.54) is 19.3 Å². The van der Waals surface area contributed by atoms with Crippen LogP contribution >= 0.6 is 0 Å². The number of carbonyl (C=O) groups excluding carboxylic acids is 1. The van der Waals surface area contributed by atoms with E-state index in [-0.39, 0.29) is 17.9 Å². The molecule has 2 heterocycles. The van der Waals surface area contributed by atoms with Gasteiger partial charge < -0.3 is 15.3 Å².